The van der Waals surface area contributed by atoms with Crippen molar-refractivity contribution in [2.24, 2.45) is 0 Å². The average molecular weight is 512 g/mol. The lowest BCUT2D eigenvalue weighted by atomic mass is 9.87. The number of ether oxygens (including phenoxy) is 4. The fourth-order valence-corrected chi connectivity index (χ4v) is 4.22. The molecule has 4 rings (SSSR count). The van der Waals surface area contributed by atoms with E-state index in [2.05, 4.69) is 5.32 Å². The molecule has 2 unspecified atom stereocenters. The number of aliphatic hydroxyl groups excluding tert-OH is 1. The molecule has 2 N–H and O–H groups in total. The van der Waals surface area contributed by atoms with Crippen LogP contribution in [0, 0.1) is 0 Å². The number of carbonyl (C=O) groups excluding carboxylic acids is 2. The Morgan fingerprint density at radius 1 is 1.14 bits per heavy atom. The molecule has 3 aromatic rings. The van der Waals surface area contributed by atoms with Gasteiger partial charge in [-0.05, 0) is 37.1 Å². The lowest BCUT2D eigenvalue weighted by molar-refractivity contribution is -0.395. The Morgan fingerprint density at radius 3 is 2.51 bits per heavy atom. The summed E-state index contributed by atoms with van der Waals surface area (Å²) in [7, 11) is 0. The molecule has 1 fully saturated rings. The number of β-amino-alcohol motifs (C(OH)–C–C–N with tert-alkyl or cyclic N) is 1. The third kappa shape index (κ3) is 5.89. The van der Waals surface area contributed by atoms with Crippen molar-refractivity contribution in [1.29, 1.82) is 0 Å². The first-order valence-corrected chi connectivity index (χ1v) is 11.9. The lowest BCUT2D eigenvalue weighted by Crippen LogP contribution is -2.69. The lowest BCUT2D eigenvalue weighted by Gasteiger charge is -2.46. The molecule has 10 heteroatoms. The second-order valence-electron chi connectivity index (χ2n) is 8.69. The van der Waals surface area contributed by atoms with Crippen molar-refractivity contribution in [1.82, 2.24) is 5.32 Å². The summed E-state index contributed by atoms with van der Waals surface area (Å²) in [5.41, 5.74) is -0.879. The summed E-state index contributed by atoms with van der Waals surface area (Å²) in [5, 5.41) is 14.5. The maximum absolute atomic E-state index is 13.5. The van der Waals surface area contributed by atoms with Crippen molar-refractivity contribution in [3.05, 3.63) is 76.1 Å². The summed E-state index contributed by atoms with van der Waals surface area (Å²) in [6.45, 7) is 4.65. The molecule has 0 radical (unpaired) electrons. The van der Waals surface area contributed by atoms with Gasteiger partial charge in [-0.15, -0.1) is 0 Å². The molecular weight excluding hydrogens is 482 g/mol. The zero-order valence-corrected chi connectivity index (χ0v) is 20.8. The Kier molecular flexibility index (Phi) is 8.03. The number of aliphatic hydroxyl groups is 1. The standard InChI is InChI=1S/C27H29NO9/c1-4-33-25(32)27(26-35-17(3)36-26,28-15-21(30)18-8-6-5-7-9-18)14-20-12-19-10-11-24(31)37-22(19)13-23(20)34-16(2)29/h5-13,17,21,26,28,30H,4,14-15H2,1-3H3. The molecule has 0 spiro atoms. The number of hydrogen-bond donors (Lipinski definition) is 2. The average Bonchev–Trinajstić information content (AvgIpc) is 2.85. The number of carbonyl (C=O) groups is 2. The number of esters is 2. The van der Waals surface area contributed by atoms with Gasteiger partial charge in [0.1, 0.15) is 11.3 Å². The highest BCUT2D eigenvalue weighted by molar-refractivity contribution is 5.85. The summed E-state index contributed by atoms with van der Waals surface area (Å²) in [5.74, 6) is -1.17. The van der Waals surface area contributed by atoms with Gasteiger partial charge in [-0.25, -0.2) is 9.59 Å². The van der Waals surface area contributed by atoms with Crippen LogP contribution >= 0.6 is 0 Å². The van der Waals surface area contributed by atoms with E-state index in [0.29, 0.717) is 16.5 Å². The van der Waals surface area contributed by atoms with Gasteiger partial charge < -0.3 is 28.5 Å². The summed E-state index contributed by atoms with van der Waals surface area (Å²) in [4.78, 5) is 37.1. The van der Waals surface area contributed by atoms with Crippen LogP contribution in [0.1, 0.15) is 38.0 Å². The van der Waals surface area contributed by atoms with Crippen LogP contribution in [-0.2, 0) is 30.2 Å². The van der Waals surface area contributed by atoms with Gasteiger partial charge in [0.15, 0.2) is 18.1 Å². The van der Waals surface area contributed by atoms with E-state index >= 15 is 0 Å². The molecule has 37 heavy (non-hydrogen) atoms. The van der Waals surface area contributed by atoms with Crippen LogP contribution in [0.3, 0.4) is 0 Å². The minimum absolute atomic E-state index is 0.0359. The number of hydrogen-bond acceptors (Lipinski definition) is 10. The summed E-state index contributed by atoms with van der Waals surface area (Å²) < 4.78 is 27.6. The molecule has 2 heterocycles. The smallest absolute Gasteiger partial charge is 0.336 e. The molecule has 0 saturated carbocycles. The van der Waals surface area contributed by atoms with Crippen molar-refractivity contribution in [2.45, 2.75) is 51.4 Å². The molecular formula is C27H29NO9. The van der Waals surface area contributed by atoms with Crippen LogP contribution in [0.15, 0.2) is 63.8 Å². The van der Waals surface area contributed by atoms with Crippen LogP contribution < -0.4 is 15.7 Å². The quantitative estimate of drug-likeness (QED) is 0.238. The molecule has 1 aromatic heterocycles. The topological polar surface area (TPSA) is 134 Å². The van der Waals surface area contributed by atoms with E-state index in [-0.39, 0.29) is 30.9 Å². The molecule has 2 aromatic carbocycles. The van der Waals surface area contributed by atoms with E-state index in [9.17, 15) is 19.5 Å². The van der Waals surface area contributed by atoms with Gasteiger partial charge in [-0.3, -0.25) is 10.1 Å². The second kappa shape index (κ2) is 11.2. The highest BCUT2D eigenvalue weighted by Gasteiger charge is 2.54. The Hall–Kier alpha value is -3.57. The van der Waals surface area contributed by atoms with Gasteiger partial charge in [0.05, 0.1) is 12.7 Å². The van der Waals surface area contributed by atoms with E-state index < -0.39 is 41.8 Å². The fraction of sp³-hybridized carbons (Fsp3) is 0.370. The monoisotopic (exact) mass is 511 g/mol. The highest BCUT2D eigenvalue weighted by Crippen LogP contribution is 2.36. The van der Waals surface area contributed by atoms with E-state index in [1.807, 2.05) is 6.07 Å². The minimum atomic E-state index is -1.61. The fourth-order valence-electron chi connectivity index (χ4n) is 4.22. The van der Waals surface area contributed by atoms with E-state index in [0.717, 1.165) is 0 Å². The normalized spacial score (nSPS) is 19.5. The van der Waals surface area contributed by atoms with Gasteiger partial charge >= 0.3 is 17.6 Å². The molecule has 0 aliphatic carbocycles. The van der Waals surface area contributed by atoms with Crippen molar-refractivity contribution in [2.75, 3.05) is 13.2 Å². The van der Waals surface area contributed by atoms with Crippen LogP contribution in [0.25, 0.3) is 11.0 Å². The van der Waals surface area contributed by atoms with Crippen molar-refractivity contribution < 1.29 is 38.1 Å². The first-order chi connectivity index (χ1) is 17.7. The van der Waals surface area contributed by atoms with Gasteiger partial charge in [0.25, 0.3) is 0 Å². The van der Waals surface area contributed by atoms with E-state index in [1.165, 1.54) is 19.1 Å². The van der Waals surface area contributed by atoms with Gasteiger partial charge in [0.2, 0.25) is 0 Å². The Labute approximate surface area is 213 Å². The molecule has 0 amide bonds. The second-order valence-corrected chi connectivity index (χ2v) is 8.69. The molecule has 1 aliphatic heterocycles. The highest BCUT2D eigenvalue weighted by atomic mass is 16.9. The SMILES string of the molecule is CCOC(=O)C(Cc1cc2ccc(=O)oc2cc1OC(C)=O)(NCC(O)c1ccccc1)C1OC(C)O1. The maximum atomic E-state index is 13.5. The molecule has 0 bridgehead atoms. The first kappa shape index (κ1) is 26.5. The predicted octanol–water partition coefficient (Wildman–Crippen LogP) is 2.60. The zero-order valence-electron chi connectivity index (χ0n) is 20.8. The summed E-state index contributed by atoms with van der Waals surface area (Å²) >= 11 is 0. The van der Waals surface area contributed by atoms with Crippen LogP contribution in [-0.4, -0.2) is 48.3 Å². The van der Waals surface area contributed by atoms with Gasteiger partial charge in [0, 0.05) is 37.4 Å². The summed E-state index contributed by atoms with van der Waals surface area (Å²) in [6, 6.07) is 14.9. The predicted molar refractivity (Wildman–Crippen MR) is 132 cm³/mol. The minimum Gasteiger partial charge on any atom is -0.464 e. The van der Waals surface area contributed by atoms with Crippen molar-refractivity contribution in [3.63, 3.8) is 0 Å². The van der Waals surface area contributed by atoms with Crippen LogP contribution in [0.4, 0.5) is 0 Å². The van der Waals surface area contributed by atoms with Crippen molar-refractivity contribution in [3.8, 4) is 5.75 Å². The molecule has 196 valence electrons. The largest absolute Gasteiger partial charge is 0.464 e. The third-order valence-corrected chi connectivity index (χ3v) is 5.99. The third-order valence-electron chi connectivity index (χ3n) is 5.99. The van der Waals surface area contributed by atoms with E-state index in [1.54, 1.807) is 50.2 Å². The molecule has 2 atom stereocenters. The molecule has 1 saturated heterocycles. The Morgan fingerprint density at radius 2 is 1.86 bits per heavy atom. The van der Waals surface area contributed by atoms with Crippen LogP contribution in [0.2, 0.25) is 0 Å². The Bertz CT molecular complexity index is 1320. The summed E-state index contributed by atoms with van der Waals surface area (Å²) in [6.07, 6.45) is -2.66. The first-order valence-electron chi connectivity index (χ1n) is 11.9. The number of rotatable bonds is 10. The van der Waals surface area contributed by atoms with Gasteiger partial charge in [-0.1, -0.05) is 30.3 Å². The zero-order chi connectivity index (χ0) is 26.6. The van der Waals surface area contributed by atoms with E-state index in [4.69, 9.17) is 23.4 Å². The van der Waals surface area contributed by atoms with Crippen LogP contribution in [0.5, 0.6) is 5.75 Å². The molecule has 10 nitrogen and oxygen atoms in total. The van der Waals surface area contributed by atoms with Crippen molar-refractivity contribution >= 4 is 22.9 Å². The Balaban J connectivity index is 1.77. The number of nitrogens with one attached hydrogen (secondary N) is 1. The number of benzene rings is 2. The maximum Gasteiger partial charge on any atom is 0.336 e. The number of fused-ring (bicyclic) bond motifs is 1. The molecule has 1 aliphatic rings. The van der Waals surface area contributed by atoms with Gasteiger partial charge in [-0.2, -0.15) is 0 Å².